The molecule has 0 aliphatic heterocycles. The maximum atomic E-state index is 5.85. The average molecular weight is 238 g/mol. The van der Waals surface area contributed by atoms with Gasteiger partial charge in [0.2, 0.25) is 0 Å². The van der Waals surface area contributed by atoms with Gasteiger partial charge in [0.25, 0.3) is 0 Å². The van der Waals surface area contributed by atoms with E-state index in [4.69, 9.17) is 5.73 Å². The zero-order valence-electron chi connectivity index (χ0n) is 10.6. The number of rotatable bonds is 3. The molecule has 3 rings (SSSR count). The molecule has 0 radical (unpaired) electrons. The lowest BCUT2D eigenvalue weighted by Crippen LogP contribution is -2.24. The van der Waals surface area contributed by atoms with Crippen molar-refractivity contribution >= 4 is 11.4 Å². The van der Waals surface area contributed by atoms with Crippen LogP contribution in [0.3, 0.4) is 0 Å². The second kappa shape index (κ2) is 4.37. The molecular weight excluding hydrogens is 220 g/mol. The van der Waals surface area contributed by atoms with E-state index in [2.05, 4.69) is 42.6 Å². The van der Waals surface area contributed by atoms with Gasteiger partial charge >= 0.3 is 0 Å². The van der Waals surface area contributed by atoms with Crippen molar-refractivity contribution in [1.82, 2.24) is 0 Å². The van der Waals surface area contributed by atoms with Crippen LogP contribution in [0.4, 0.5) is 11.4 Å². The number of benzene rings is 2. The molecule has 1 aliphatic carbocycles. The highest BCUT2D eigenvalue weighted by Gasteiger charge is 2.24. The van der Waals surface area contributed by atoms with Crippen LogP contribution in [0, 0.1) is 6.92 Å². The second-order valence-electron chi connectivity index (χ2n) is 5.11. The van der Waals surface area contributed by atoms with Crippen LogP contribution in [0.25, 0.3) is 0 Å². The molecule has 1 unspecified atom stereocenters. The first kappa shape index (κ1) is 11.1. The second-order valence-corrected chi connectivity index (χ2v) is 5.11. The average Bonchev–Trinajstić information content (AvgIpc) is 2.29. The van der Waals surface area contributed by atoms with Crippen LogP contribution in [0.5, 0.6) is 0 Å². The Morgan fingerprint density at radius 3 is 2.83 bits per heavy atom. The van der Waals surface area contributed by atoms with E-state index in [1.807, 2.05) is 12.1 Å². The zero-order valence-corrected chi connectivity index (χ0v) is 10.6. The van der Waals surface area contributed by atoms with E-state index >= 15 is 0 Å². The van der Waals surface area contributed by atoms with Crippen LogP contribution >= 0.6 is 0 Å². The predicted molar refractivity (Wildman–Crippen MR) is 77.0 cm³/mol. The maximum absolute atomic E-state index is 5.85. The number of aryl methyl sites for hydroxylation is 1. The number of nitrogens with one attached hydrogen (secondary N) is 1. The largest absolute Gasteiger partial charge is 0.399 e. The van der Waals surface area contributed by atoms with Gasteiger partial charge in [-0.3, -0.25) is 0 Å². The van der Waals surface area contributed by atoms with Gasteiger partial charge in [-0.05, 0) is 48.2 Å². The van der Waals surface area contributed by atoms with E-state index in [1.54, 1.807) is 0 Å². The number of nitrogen functional groups attached to an aromatic ring is 1. The Kier molecular flexibility index (Phi) is 2.71. The number of fused-ring (bicyclic) bond motifs is 1. The molecule has 0 amide bonds. The summed E-state index contributed by atoms with van der Waals surface area (Å²) >= 11 is 0. The Morgan fingerprint density at radius 1 is 1.22 bits per heavy atom. The van der Waals surface area contributed by atoms with Crippen molar-refractivity contribution < 1.29 is 0 Å². The molecular formula is C16H18N2. The molecule has 92 valence electrons. The van der Waals surface area contributed by atoms with Crippen LogP contribution in [-0.4, -0.2) is 6.54 Å². The first-order valence-electron chi connectivity index (χ1n) is 6.41. The fourth-order valence-electron chi connectivity index (χ4n) is 2.70. The van der Waals surface area contributed by atoms with Gasteiger partial charge in [-0.1, -0.05) is 24.3 Å². The quantitative estimate of drug-likeness (QED) is 0.805. The zero-order chi connectivity index (χ0) is 12.5. The summed E-state index contributed by atoms with van der Waals surface area (Å²) in [7, 11) is 0. The van der Waals surface area contributed by atoms with Crippen molar-refractivity contribution in [3.8, 4) is 0 Å². The maximum Gasteiger partial charge on any atom is 0.0363 e. The van der Waals surface area contributed by atoms with E-state index in [-0.39, 0.29) is 0 Å². The number of anilines is 2. The fraction of sp³-hybridized carbons (Fsp3) is 0.250. The lowest BCUT2D eigenvalue weighted by molar-refractivity contribution is 0.636. The Bertz CT molecular complexity index is 555. The normalized spacial score (nSPS) is 16.8. The van der Waals surface area contributed by atoms with E-state index in [0.29, 0.717) is 5.92 Å². The van der Waals surface area contributed by atoms with Crippen molar-refractivity contribution in [3.63, 3.8) is 0 Å². The molecule has 2 aromatic carbocycles. The topological polar surface area (TPSA) is 38.0 Å². The minimum atomic E-state index is 0.642. The standard InChI is InChI=1S/C16H18N2/c1-11-6-14(17)9-15(7-11)18-10-13-8-12-4-2-3-5-16(12)13/h2-7,9,13,18H,8,10,17H2,1H3. The highest BCUT2D eigenvalue weighted by atomic mass is 14.9. The van der Waals surface area contributed by atoms with Crippen LogP contribution in [0.15, 0.2) is 42.5 Å². The molecule has 1 atom stereocenters. The molecule has 1 aliphatic rings. The predicted octanol–water partition coefficient (Wildman–Crippen LogP) is 3.33. The van der Waals surface area contributed by atoms with Crippen LogP contribution < -0.4 is 11.1 Å². The van der Waals surface area contributed by atoms with Gasteiger partial charge < -0.3 is 11.1 Å². The van der Waals surface area contributed by atoms with Crippen LogP contribution in [-0.2, 0) is 6.42 Å². The van der Waals surface area contributed by atoms with Gasteiger partial charge in [0, 0.05) is 23.8 Å². The van der Waals surface area contributed by atoms with Gasteiger partial charge in [-0.15, -0.1) is 0 Å². The summed E-state index contributed by atoms with van der Waals surface area (Å²) in [6, 6.07) is 14.8. The molecule has 0 saturated carbocycles. The van der Waals surface area contributed by atoms with Crippen molar-refractivity contribution in [2.45, 2.75) is 19.3 Å². The SMILES string of the molecule is Cc1cc(N)cc(NCC2Cc3ccccc32)c1. The Balaban J connectivity index is 1.66. The highest BCUT2D eigenvalue weighted by Crippen LogP contribution is 2.34. The molecule has 0 spiro atoms. The first-order valence-corrected chi connectivity index (χ1v) is 6.41. The molecule has 2 nitrogen and oxygen atoms in total. The minimum Gasteiger partial charge on any atom is -0.399 e. The summed E-state index contributed by atoms with van der Waals surface area (Å²) < 4.78 is 0. The van der Waals surface area contributed by atoms with Gasteiger partial charge in [0.1, 0.15) is 0 Å². The van der Waals surface area contributed by atoms with Gasteiger partial charge in [-0.25, -0.2) is 0 Å². The summed E-state index contributed by atoms with van der Waals surface area (Å²) in [6.45, 7) is 3.06. The Hall–Kier alpha value is -1.96. The third-order valence-electron chi connectivity index (χ3n) is 3.61. The van der Waals surface area contributed by atoms with E-state index in [1.165, 1.54) is 23.1 Å². The summed E-state index contributed by atoms with van der Waals surface area (Å²) in [5.41, 5.74) is 12.0. The summed E-state index contributed by atoms with van der Waals surface area (Å²) in [6.07, 6.45) is 1.18. The van der Waals surface area contributed by atoms with Crippen molar-refractivity contribution in [3.05, 3.63) is 59.2 Å². The van der Waals surface area contributed by atoms with E-state index < -0.39 is 0 Å². The van der Waals surface area contributed by atoms with Crippen molar-refractivity contribution in [2.24, 2.45) is 0 Å². The van der Waals surface area contributed by atoms with Gasteiger partial charge in [0.15, 0.2) is 0 Å². The highest BCUT2D eigenvalue weighted by molar-refractivity contribution is 5.57. The van der Waals surface area contributed by atoms with Crippen LogP contribution in [0.2, 0.25) is 0 Å². The molecule has 0 fully saturated rings. The van der Waals surface area contributed by atoms with E-state index in [9.17, 15) is 0 Å². The molecule has 0 heterocycles. The van der Waals surface area contributed by atoms with Gasteiger partial charge in [0.05, 0.1) is 0 Å². The molecule has 2 aromatic rings. The molecule has 3 N–H and O–H groups in total. The van der Waals surface area contributed by atoms with Crippen LogP contribution in [0.1, 0.15) is 22.6 Å². The third-order valence-corrected chi connectivity index (χ3v) is 3.61. The van der Waals surface area contributed by atoms with Crippen molar-refractivity contribution in [2.75, 3.05) is 17.6 Å². The summed E-state index contributed by atoms with van der Waals surface area (Å²) in [5, 5.41) is 3.49. The number of hydrogen-bond acceptors (Lipinski definition) is 2. The monoisotopic (exact) mass is 238 g/mol. The Labute approximate surface area is 108 Å². The summed E-state index contributed by atoms with van der Waals surface area (Å²) in [5.74, 6) is 0.642. The molecule has 0 bridgehead atoms. The summed E-state index contributed by atoms with van der Waals surface area (Å²) in [4.78, 5) is 0. The van der Waals surface area contributed by atoms with Crippen molar-refractivity contribution in [1.29, 1.82) is 0 Å². The van der Waals surface area contributed by atoms with E-state index in [0.717, 1.165) is 17.9 Å². The van der Waals surface area contributed by atoms with Gasteiger partial charge in [-0.2, -0.15) is 0 Å². The molecule has 0 aromatic heterocycles. The number of hydrogen-bond donors (Lipinski definition) is 2. The molecule has 2 heteroatoms. The molecule has 0 saturated heterocycles. The minimum absolute atomic E-state index is 0.642. The first-order chi connectivity index (χ1) is 8.72. The Morgan fingerprint density at radius 2 is 2.06 bits per heavy atom. The number of nitrogens with two attached hydrogens (primary N) is 1. The molecule has 18 heavy (non-hydrogen) atoms. The smallest absolute Gasteiger partial charge is 0.0363 e. The third kappa shape index (κ3) is 2.06. The lowest BCUT2D eigenvalue weighted by atomic mass is 9.77. The lowest BCUT2D eigenvalue weighted by Gasteiger charge is -2.30. The fourth-order valence-corrected chi connectivity index (χ4v) is 2.70.